The number of fused-ring (bicyclic) bond motifs is 2. The van der Waals surface area contributed by atoms with Crippen molar-refractivity contribution in [1.82, 2.24) is 9.55 Å². The van der Waals surface area contributed by atoms with Gasteiger partial charge in [0.25, 0.3) is 11.5 Å². The van der Waals surface area contributed by atoms with E-state index in [1.54, 1.807) is 35.9 Å². The molecule has 0 saturated carbocycles. The van der Waals surface area contributed by atoms with Crippen molar-refractivity contribution < 1.29 is 14.3 Å². The molecule has 0 bridgehead atoms. The Hall–Kier alpha value is -3.48. The lowest BCUT2D eigenvalue weighted by atomic mass is 10.1. The van der Waals surface area contributed by atoms with Crippen LogP contribution >= 0.6 is 0 Å². The second kappa shape index (κ2) is 7.50. The number of hydrogen-bond donors (Lipinski definition) is 0. The third-order valence-electron chi connectivity index (χ3n) is 5.16. The topological polar surface area (TPSA) is 81.5 Å². The molecule has 0 radical (unpaired) electrons. The van der Waals surface area contributed by atoms with E-state index in [4.69, 9.17) is 4.74 Å². The number of carbonyl (C=O) groups excluding carboxylic acids is 2. The van der Waals surface area contributed by atoms with Gasteiger partial charge in [-0.15, -0.1) is 0 Å². The summed E-state index contributed by atoms with van der Waals surface area (Å²) in [6.07, 6.45) is 0.682. The van der Waals surface area contributed by atoms with E-state index in [-0.39, 0.29) is 17.0 Å². The maximum atomic E-state index is 12.6. The predicted molar refractivity (Wildman–Crippen MR) is 109 cm³/mol. The fourth-order valence-electron chi connectivity index (χ4n) is 3.54. The second-order valence-electron chi connectivity index (χ2n) is 7.10. The summed E-state index contributed by atoms with van der Waals surface area (Å²) in [6, 6.07) is 13.8. The normalized spacial score (nSPS) is 13.7. The molecule has 0 fully saturated rings. The van der Waals surface area contributed by atoms with Gasteiger partial charge < -0.3 is 9.64 Å². The van der Waals surface area contributed by atoms with Gasteiger partial charge in [-0.3, -0.25) is 14.2 Å². The number of rotatable bonds is 4. The van der Waals surface area contributed by atoms with E-state index in [9.17, 15) is 14.4 Å². The van der Waals surface area contributed by atoms with Crippen molar-refractivity contribution in [2.24, 2.45) is 0 Å². The second-order valence-corrected chi connectivity index (χ2v) is 7.10. The van der Waals surface area contributed by atoms with Gasteiger partial charge in [-0.05, 0) is 43.7 Å². The Labute approximate surface area is 167 Å². The zero-order chi connectivity index (χ0) is 20.5. The minimum Gasteiger partial charge on any atom is -0.449 e. The van der Waals surface area contributed by atoms with Gasteiger partial charge in [0.15, 0.2) is 6.10 Å². The number of nitrogens with zero attached hydrogens (tertiary/aromatic N) is 3. The van der Waals surface area contributed by atoms with Crippen LogP contribution in [-0.2, 0) is 22.5 Å². The summed E-state index contributed by atoms with van der Waals surface area (Å²) in [6.45, 7) is 2.22. The van der Waals surface area contributed by atoms with E-state index in [0.29, 0.717) is 23.1 Å². The molecular weight excluding hydrogens is 370 g/mol. The van der Waals surface area contributed by atoms with Crippen molar-refractivity contribution in [3.8, 4) is 0 Å². The summed E-state index contributed by atoms with van der Waals surface area (Å²) in [5.41, 5.74) is 1.35. The molecule has 0 saturated heterocycles. The first kappa shape index (κ1) is 18.9. The van der Waals surface area contributed by atoms with Crippen LogP contribution in [0.2, 0.25) is 0 Å². The molecule has 4 rings (SSSR count). The van der Waals surface area contributed by atoms with Crippen molar-refractivity contribution in [1.29, 1.82) is 0 Å². The molecule has 3 aromatic rings. The molecule has 0 N–H and O–H groups in total. The summed E-state index contributed by atoms with van der Waals surface area (Å²) in [5, 5.41) is 0.472. The fourth-order valence-corrected chi connectivity index (χ4v) is 3.54. The van der Waals surface area contributed by atoms with Gasteiger partial charge in [-0.1, -0.05) is 18.2 Å². The van der Waals surface area contributed by atoms with Gasteiger partial charge in [0.2, 0.25) is 0 Å². The van der Waals surface area contributed by atoms with Crippen LogP contribution in [-0.4, -0.2) is 34.6 Å². The molecule has 29 heavy (non-hydrogen) atoms. The highest BCUT2D eigenvalue weighted by Gasteiger charge is 2.24. The highest BCUT2D eigenvalue weighted by Crippen LogP contribution is 2.18. The number of aromatic nitrogens is 2. The first-order valence-electron chi connectivity index (χ1n) is 9.53. The minimum absolute atomic E-state index is 0.0875. The Morgan fingerprint density at radius 3 is 2.69 bits per heavy atom. The number of likely N-dealkylation sites (N-methyl/N-ethyl adjacent to an activating group) is 1. The standard InChI is InChI=1S/C22H21N3O4/c1-14(20(26)24(2)16-7-4-3-5-8-16)29-22(28)15-10-11-17-18(13-15)23-19-9-6-12-25(19)21(17)27/h3-5,7-8,10-11,13-14H,6,9,12H2,1-2H3/t14-/m0/s1. The van der Waals surface area contributed by atoms with Crippen LogP contribution in [0.25, 0.3) is 10.9 Å². The van der Waals surface area contributed by atoms with Crippen LogP contribution in [0.4, 0.5) is 5.69 Å². The number of aryl methyl sites for hydroxylation is 1. The molecule has 7 nitrogen and oxygen atoms in total. The van der Waals surface area contributed by atoms with Crippen molar-refractivity contribution in [2.45, 2.75) is 32.4 Å². The van der Waals surface area contributed by atoms with E-state index in [1.807, 2.05) is 18.2 Å². The zero-order valence-electron chi connectivity index (χ0n) is 16.3. The van der Waals surface area contributed by atoms with Crippen LogP contribution in [0.3, 0.4) is 0 Å². The van der Waals surface area contributed by atoms with E-state index >= 15 is 0 Å². The molecule has 0 unspecified atom stereocenters. The Morgan fingerprint density at radius 1 is 1.17 bits per heavy atom. The molecular formula is C22H21N3O4. The number of para-hydroxylation sites is 1. The first-order chi connectivity index (χ1) is 14.0. The minimum atomic E-state index is -0.956. The summed E-state index contributed by atoms with van der Waals surface area (Å²) >= 11 is 0. The lowest BCUT2D eigenvalue weighted by Crippen LogP contribution is -2.37. The molecule has 1 aliphatic rings. The zero-order valence-corrected chi connectivity index (χ0v) is 16.3. The van der Waals surface area contributed by atoms with Crippen molar-refractivity contribution in [3.63, 3.8) is 0 Å². The number of amides is 1. The van der Waals surface area contributed by atoms with Crippen LogP contribution < -0.4 is 10.5 Å². The average molecular weight is 391 g/mol. The lowest BCUT2D eigenvalue weighted by Gasteiger charge is -2.21. The molecule has 1 atom stereocenters. The van der Waals surface area contributed by atoms with E-state index in [0.717, 1.165) is 18.7 Å². The third-order valence-corrected chi connectivity index (χ3v) is 5.16. The summed E-state index contributed by atoms with van der Waals surface area (Å²) in [5.74, 6) is -0.225. The van der Waals surface area contributed by atoms with Gasteiger partial charge in [0.05, 0.1) is 16.5 Å². The van der Waals surface area contributed by atoms with E-state index in [1.165, 1.54) is 17.9 Å². The number of carbonyl (C=O) groups is 2. The van der Waals surface area contributed by atoms with Gasteiger partial charge in [-0.25, -0.2) is 9.78 Å². The Bertz CT molecular complexity index is 1150. The Morgan fingerprint density at radius 2 is 1.93 bits per heavy atom. The highest BCUT2D eigenvalue weighted by atomic mass is 16.5. The number of anilines is 1. The quantitative estimate of drug-likeness (QED) is 0.639. The molecule has 1 amide bonds. The number of hydrogen-bond acceptors (Lipinski definition) is 5. The van der Waals surface area contributed by atoms with E-state index in [2.05, 4.69) is 4.98 Å². The van der Waals surface area contributed by atoms with Gasteiger partial charge in [-0.2, -0.15) is 0 Å². The van der Waals surface area contributed by atoms with Crippen molar-refractivity contribution >= 4 is 28.5 Å². The first-order valence-corrected chi connectivity index (χ1v) is 9.53. The monoisotopic (exact) mass is 391 g/mol. The van der Waals surface area contributed by atoms with Crippen LogP contribution in [0.1, 0.15) is 29.5 Å². The molecule has 0 aliphatic carbocycles. The molecule has 2 aromatic carbocycles. The van der Waals surface area contributed by atoms with Crippen LogP contribution in [0.15, 0.2) is 53.3 Å². The average Bonchev–Trinajstić information content (AvgIpc) is 3.21. The maximum absolute atomic E-state index is 12.6. The van der Waals surface area contributed by atoms with Gasteiger partial charge in [0, 0.05) is 25.7 Å². The molecule has 1 aromatic heterocycles. The molecule has 2 heterocycles. The molecule has 1 aliphatic heterocycles. The smallest absolute Gasteiger partial charge is 0.338 e. The Kier molecular flexibility index (Phi) is 4.88. The SMILES string of the molecule is C[C@H](OC(=O)c1ccc2c(=O)n3c(nc2c1)CCC3)C(=O)N(C)c1ccccc1. The molecule has 7 heteroatoms. The molecule has 0 spiro atoms. The maximum Gasteiger partial charge on any atom is 0.338 e. The van der Waals surface area contributed by atoms with Gasteiger partial charge >= 0.3 is 5.97 Å². The lowest BCUT2D eigenvalue weighted by molar-refractivity contribution is -0.126. The van der Waals surface area contributed by atoms with E-state index < -0.39 is 12.1 Å². The Balaban J connectivity index is 1.53. The summed E-state index contributed by atoms with van der Waals surface area (Å²) < 4.78 is 7.05. The fraction of sp³-hybridized carbons (Fsp3) is 0.273. The van der Waals surface area contributed by atoms with Crippen LogP contribution in [0.5, 0.6) is 0 Å². The number of ether oxygens (including phenoxy) is 1. The summed E-state index contributed by atoms with van der Waals surface area (Å²) in [7, 11) is 1.63. The van der Waals surface area contributed by atoms with Crippen LogP contribution in [0, 0.1) is 0 Å². The summed E-state index contributed by atoms with van der Waals surface area (Å²) in [4.78, 5) is 43.7. The highest BCUT2D eigenvalue weighted by molar-refractivity contribution is 5.99. The predicted octanol–water partition coefficient (Wildman–Crippen LogP) is 2.55. The largest absolute Gasteiger partial charge is 0.449 e. The van der Waals surface area contributed by atoms with Crippen molar-refractivity contribution in [2.75, 3.05) is 11.9 Å². The number of benzene rings is 2. The van der Waals surface area contributed by atoms with Gasteiger partial charge in [0.1, 0.15) is 5.82 Å². The van der Waals surface area contributed by atoms with Crippen molar-refractivity contribution in [3.05, 3.63) is 70.3 Å². The number of esters is 1. The molecule has 148 valence electrons. The third kappa shape index (κ3) is 3.51.